The summed E-state index contributed by atoms with van der Waals surface area (Å²) in [4.78, 5) is 27.9. The van der Waals surface area contributed by atoms with Crippen LogP contribution in [0, 0.1) is 34.5 Å². The molecule has 2 amide bonds. The van der Waals surface area contributed by atoms with E-state index in [2.05, 4.69) is 25.2 Å². The number of likely N-dealkylation sites (N-methyl/N-ethyl adjacent to an activating group) is 1. The lowest BCUT2D eigenvalue weighted by atomic mass is 9.47. The first-order valence-electron chi connectivity index (χ1n) is 12.1. The summed E-state index contributed by atoms with van der Waals surface area (Å²) in [5.41, 5.74) is 0.445. The Labute approximate surface area is 190 Å². The summed E-state index contributed by atoms with van der Waals surface area (Å²) in [6.45, 7) is 5.75. The van der Waals surface area contributed by atoms with Crippen molar-refractivity contribution in [3.8, 4) is 0 Å². The zero-order valence-corrected chi connectivity index (χ0v) is 19.9. The quantitative estimate of drug-likeness (QED) is 0.740. The first-order valence-corrected chi connectivity index (χ1v) is 13.0. The van der Waals surface area contributed by atoms with Crippen LogP contribution in [0.3, 0.4) is 0 Å². The molecule has 0 radical (unpaired) electrons. The first kappa shape index (κ1) is 21.2. The van der Waals surface area contributed by atoms with Gasteiger partial charge in [0, 0.05) is 29.9 Å². The third-order valence-electron chi connectivity index (χ3n) is 9.78. The van der Waals surface area contributed by atoms with E-state index in [1.165, 1.54) is 32.1 Å². The molecule has 0 saturated heterocycles. The fourth-order valence-electron chi connectivity index (χ4n) is 8.05. The summed E-state index contributed by atoms with van der Waals surface area (Å²) in [6.07, 6.45) is 12.0. The molecule has 1 aliphatic heterocycles. The van der Waals surface area contributed by atoms with Crippen molar-refractivity contribution in [1.82, 2.24) is 10.2 Å². The molecular weight excluding hydrogens is 404 g/mol. The summed E-state index contributed by atoms with van der Waals surface area (Å²) in [5, 5.41) is 5.30. The molecule has 1 aromatic heterocycles. The van der Waals surface area contributed by atoms with Crippen molar-refractivity contribution >= 4 is 23.2 Å². The van der Waals surface area contributed by atoms with E-state index in [-0.39, 0.29) is 17.2 Å². The largest absolute Gasteiger partial charge is 0.355 e. The molecule has 0 spiro atoms. The second-order valence-corrected chi connectivity index (χ2v) is 12.0. The molecule has 168 valence electrons. The minimum atomic E-state index is 0.111. The highest BCUT2D eigenvalue weighted by atomic mass is 32.1. The Morgan fingerprint density at radius 2 is 2.03 bits per heavy atom. The maximum absolute atomic E-state index is 12.5. The van der Waals surface area contributed by atoms with Crippen molar-refractivity contribution in [2.24, 2.45) is 34.5 Å². The highest BCUT2D eigenvalue weighted by Crippen LogP contribution is 2.65. The summed E-state index contributed by atoms with van der Waals surface area (Å²) in [5.74, 6) is 3.08. The number of nitrogens with one attached hydrogen (secondary N) is 1. The van der Waals surface area contributed by atoms with Crippen molar-refractivity contribution in [2.45, 2.75) is 64.8 Å². The van der Waals surface area contributed by atoms with E-state index in [1.54, 1.807) is 11.3 Å². The average molecular weight is 441 g/mol. The van der Waals surface area contributed by atoms with Crippen LogP contribution < -0.4 is 5.32 Å². The molecule has 3 fully saturated rings. The maximum atomic E-state index is 12.5. The molecule has 1 N–H and O–H groups in total. The van der Waals surface area contributed by atoms with Gasteiger partial charge in [-0.3, -0.25) is 9.59 Å². The van der Waals surface area contributed by atoms with E-state index < -0.39 is 0 Å². The molecule has 5 rings (SSSR count). The van der Waals surface area contributed by atoms with Crippen molar-refractivity contribution < 1.29 is 9.59 Å². The van der Waals surface area contributed by atoms with E-state index in [1.807, 2.05) is 35.5 Å². The molecule has 2 heterocycles. The Morgan fingerprint density at radius 3 is 2.81 bits per heavy atom. The van der Waals surface area contributed by atoms with E-state index in [9.17, 15) is 9.59 Å². The topological polar surface area (TPSA) is 49.4 Å². The lowest BCUT2D eigenvalue weighted by Gasteiger charge is -2.60. The Balaban J connectivity index is 1.28. The van der Waals surface area contributed by atoms with Gasteiger partial charge in [-0.2, -0.15) is 0 Å². The summed E-state index contributed by atoms with van der Waals surface area (Å²) in [7, 11) is 1.99. The number of amides is 2. The third kappa shape index (κ3) is 3.39. The molecule has 5 heteroatoms. The lowest BCUT2D eigenvalue weighted by molar-refractivity contribution is -0.139. The van der Waals surface area contributed by atoms with Crippen LogP contribution in [-0.2, 0) is 16.0 Å². The Kier molecular flexibility index (Phi) is 5.31. The number of carbonyl (C=O) groups is 2. The van der Waals surface area contributed by atoms with Crippen LogP contribution in [0.5, 0.6) is 0 Å². The highest BCUT2D eigenvalue weighted by Gasteiger charge is 2.60. The van der Waals surface area contributed by atoms with Crippen molar-refractivity contribution in [1.29, 1.82) is 0 Å². The fourth-order valence-corrected chi connectivity index (χ4v) is 8.76. The van der Waals surface area contributed by atoms with Gasteiger partial charge in [0.25, 0.3) is 0 Å². The van der Waals surface area contributed by atoms with Crippen LogP contribution in [-0.4, -0.2) is 36.3 Å². The molecule has 3 aliphatic carbocycles. The molecule has 0 aromatic carbocycles. The fraction of sp³-hybridized carbons (Fsp3) is 0.692. The summed E-state index contributed by atoms with van der Waals surface area (Å²) in [6, 6.07) is 4.41. The smallest absolute Gasteiger partial charge is 0.246 e. The lowest BCUT2D eigenvalue weighted by Crippen LogP contribution is -2.59. The van der Waals surface area contributed by atoms with Gasteiger partial charge in [0.1, 0.15) is 0 Å². The van der Waals surface area contributed by atoms with Crippen LogP contribution >= 0.6 is 11.3 Å². The molecule has 0 unspecified atom stereocenters. The number of thiophene rings is 1. The molecule has 4 aliphatic rings. The van der Waals surface area contributed by atoms with Gasteiger partial charge in [0.05, 0.1) is 6.42 Å². The number of nitrogens with zero attached hydrogens (tertiary/aromatic N) is 1. The molecule has 0 bridgehead atoms. The monoisotopic (exact) mass is 440 g/mol. The van der Waals surface area contributed by atoms with Gasteiger partial charge in [0.15, 0.2) is 0 Å². The minimum Gasteiger partial charge on any atom is -0.355 e. The number of hydrogen-bond acceptors (Lipinski definition) is 3. The minimum absolute atomic E-state index is 0.111. The van der Waals surface area contributed by atoms with Crippen molar-refractivity contribution in [3.63, 3.8) is 0 Å². The molecule has 7 atom stereocenters. The third-order valence-corrected chi connectivity index (χ3v) is 10.7. The molecule has 3 saturated carbocycles. The number of hydrogen-bond donors (Lipinski definition) is 1. The van der Waals surface area contributed by atoms with Gasteiger partial charge in [-0.1, -0.05) is 26.0 Å². The van der Waals surface area contributed by atoms with Crippen LogP contribution in [0.2, 0.25) is 0 Å². The maximum Gasteiger partial charge on any atom is 0.246 e. The van der Waals surface area contributed by atoms with E-state index in [4.69, 9.17) is 0 Å². The van der Waals surface area contributed by atoms with Crippen LogP contribution in [0.1, 0.15) is 57.2 Å². The van der Waals surface area contributed by atoms with Crippen LogP contribution in [0.15, 0.2) is 29.7 Å². The zero-order valence-electron chi connectivity index (χ0n) is 19.1. The van der Waals surface area contributed by atoms with Gasteiger partial charge >= 0.3 is 0 Å². The molecule has 1 aromatic rings. The number of rotatable bonds is 4. The second-order valence-electron chi connectivity index (χ2n) is 11.0. The van der Waals surface area contributed by atoms with Crippen molar-refractivity contribution in [3.05, 3.63) is 34.5 Å². The number of carbonyl (C=O) groups excluding carboxylic acids is 2. The molecule has 31 heavy (non-hydrogen) atoms. The second kappa shape index (κ2) is 7.75. The Hall–Kier alpha value is -1.62. The van der Waals surface area contributed by atoms with Crippen LogP contribution in [0.25, 0.3) is 0 Å². The van der Waals surface area contributed by atoms with Gasteiger partial charge in [0.2, 0.25) is 11.8 Å². The van der Waals surface area contributed by atoms with E-state index in [0.717, 1.165) is 29.7 Å². The standard InChI is InChI=1S/C26H36N2O2S/c1-25-12-10-21-19(7-9-22-26(21,2)13-11-24(30)28(22)3)20(25)8-6-17(25)16-27-23(29)15-18-5-4-14-31-18/h4-5,11,13-14,17,19-22H,6-10,12,15-16H2,1-3H3,(H,27,29)/t17-,19+,20+,21+,22-,25-,26-/m1/s1. The highest BCUT2D eigenvalue weighted by molar-refractivity contribution is 7.10. The van der Waals surface area contributed by atoms with Crippen molar-refractivity contribution in [2.75, 3.05) is 13.6 Å². The Bertz CT molecular complexity index is 880. The van der Waals surface area contributed by atoms with Gasteiger partial charge in [-0.25, -0.2) is 0 Å². The number of fused-ring (bicyclic) bond motifs is 5. The predicted octanol–water partition coefficient (Wildman–Crippen LogP) is 4.66. The van der Waals surface area contributed by atoms with Crippen LogP contribution in [0.4, 0.5) is 0 Å². The first-order chi connectivity index (χ1) is 14.8. The zero-order chi connectivity index (χ0) is 21.8. The van der Waals surface area contributed by atoms with E-state index in [0.29, 0.717) is 29.7 Å². The normalized spacial score (nSPS) is 41.5. The van der Waals surface area contributed by atoms with Gasteiger partial charge in [-0.05, 0) is 85.1 Å². The summed E-state index contributed by atoms with van der Waals surface area (Å²) < 4.78 is 0. The van der Waals surface area contributed by atoms with E-state index >= 15 is 0 Å². The van der Waals surface area contributed by atoms with Gasteiger partial charge in [-0.15, -0.1) is 11.3 Å². The Morgan fingerprint density at radius 1 is 1.19 bits per heavy atom. The van der Waals surface area contributed by atoms with Gasteiger partial charge < -0.3 is 10.2 Å². The summed E-state index contributed by atoms with van der Waals surface area (Å²) >= 11 is 1.66. The molecular formula is C26H36N2O2S. The SMILES string of the molecule is CN1C(=O)C=C[C@]2(C)[C@H]3CC[C@]4(C)[C@@H](CNC(=O)Cc5cccs5)CC[C@H]4[C@@H]3CC[C@@H]12. The molecule has 4 nitrogen and oxygen atoms in total. The predicted molar refractivity (Wildman–Crippen MR) is 125 cm³/mol. The average Bonchev–Trinajstić information content (AvgIpc) is 3.36.